The van der Waals surface area contributed by atoms with Gasteiger partial charge in [0, 0.05) is 12.8 Å². The Morgan fingerprint density at radius 1 is 0.409 bits per heavy atom. The lowest BCUT2D eigenvalue weighted by Gasteiger charge is -2.12. The Labute approximate surface area is 262 Å². The minimum Gasteiger partial charge on any atom is -0.205 e. The third-order valence-electron chi connectivity index (χ3n) is 7.74. The van der Waals surface area contributed by atoms with E-state index < -0.39 is 56.8 Å². The Balaban J connectivity index is 1.55. The van der Waals surface area contributed by atoms with E-state index in [4.69, 9.17) is 0 Å². The summed E-state index contributed by atoms with van der Waals surface area (Å²) in [5.74, 6) is -10.5. The molecule has 2 aromatic heterocycles. The van der Waals surface area contributed by atoms with Gasteiger partial charge in [0.2, 0.25) is 0 Å². The number of halogens is 6. The van der Waals surface area contributed by atoms with E-state index in [9.17, 15) is 0 Å². The van der Waals surface area contributed by atoms with E-state index in [2.05, 4.69) is 34.2 Å². The van der Waals surface area contributed by atoms with Crippen LogP contribution in [0.2, 0.25) is 0 Å². The van der Waals surface area contributed by atoms with Gasteiger partial charge in [0.05, 0.1) is 21.9 Å². The van der Waals surface area contributed by atoms with Crippen LogP contribution < -0.4 is 0 Å². The van der Waals surface area contributed by atoms with E-state index in [1.807, 2.05) is 0 Å². The highest BCUT2D eigenvalue weighted by Gasteiger charge is 2.33. The van der Waals surface area contributed by atoms with Crippen molar-refractivity contribution in [1.82, 2.24) is 20.4 Å². The Morgan fingerprint density at radius 2 is 0.750 bits per heavy atom. The molecule has 0 radical (unpaired) electrons. The molecule has 4 rings (SSSR count). The van der Waals surface area contributed by atoms with Crippen LogP contribution in [-0.2, 0) is 12.8 Å². The standard InChI is InChI=1S/C32H38F6N4S2/c1-3-5-7-9-11-13-15-17-19-39-41-31(43-19)23-25(33)21-22(27(35)29(23)37)26(34)24(30(38)28(21)36)32-42-40-20(44-32)18-16-14-12-10-8-6-4-2/h3-18H2,1-2H3. The Kier molecular flexibility index (Phi) is 13.0. The van der Waals surface area contributed by atoms with Crippen molar-refractivity contribution in [2.75, 3.05) is 0 Å². The average Bonchev–Trinajstić information content (AvgIpc) is 3.67. The van der Waals surface area contributed by atoms with Crippen molar-refractivity contribution in [3.8, 4) is 21.1 Å². The second-order valence-electron chi connectivity index (χ2n) is 11.1. The van der Waals surface area contributed by atoms with Gasteiger partial charge in [-0.15, -0.1) is 20.4 Å². The normalized spacial score (nSPS) is 11.7. The molecule has 0 aliphatic carbocycles. The molecule has 4 aromatic rings. The lowest BCUT2D eigenvalue weighted by Crippen LogP contribution is -2.05. The van der Waals surface area contributed by atoms with E-state index >= 15 is 26.3 Å². The van der Waals surface area contributed by atoms with Gasteiger partial charge in [-0.25, -0.2) is 26.3 Å². The topological polar surface area (TPSA) is 51.6 Å². The molecule has 0 saturated carbocycles. The molecule has 0 N–H and O–H groups in total. The van der Waals surface area contributed by atoms with Gasteiger partial charge in [0.15, 0.2) is 33.3 Å². The summed E-state index contributed by atoms with van der Waals surface area (Å²) in [6, 6.07) is 0. The van der Waals surface area contributed by atoms with E-state index in [1.54, 1.807) is 0 Å². The lowest BCUT2D eigenvalue weighted by atomic mass is 10.00. The number of fused-ring (bicyclic) bond motifs is 1. The van der Waals surface area contributed by atoms with Gasteiger partial charge in [-0.1, -0.05) is 114 Å². The van der Waals surface area contributed by atoms with Crippen LogP contribution in [0.5, 0.6) is 0 Å². The minimum atomic E-state index is -1.84. The predicted molar refractivity (Wildman–Crippen MR) is 165 cm³/mol. The number of nitrogens with zero attached hydrogens (tertiary/aromatic N) is 4. The molecule has 0 bridgehead atoms. The highest BCUT2D eigenvalue weighted by molar-refractivity contribution is 7.15. The van der Waals surface area contributed by atoms with Crippen LogP contribution in [0.3, 0.4) is 0 Å². The Morgan fingerprint density at radius 3 is 1.11 bits per heavy atom. The van der Waals surface area contributed by atoms with Crippen LogP contribution >= 0.6 is 22.7 Å². The zero-order valence-electron chi connectivity index (χ0n) is 25.2. The van der Waals surface area contributed by atoms with Crippen molar-refractivity contribution in [3.63, 3.8) is 0 Å². The fourth-order valence-corrected chi connectivity index (χ4v) is 7.10. The van der Waals surface area contributed by atoms with Gasteiger partial charge in [-0.2, -0.15) is 0 Å². The second kappa shape index (κ2) is 16.6. The molecule has 0 spiro atoms. The zero-order chi connectivity index (χ0) is 31.6. The maximum absolute atomic E-state index is 15.6. The third-order valence-corrected chi connectivity index (χ3v) is 9.74. The summed E-state index contributed by atoms with van der Waals surface area (Å²) in [5.41, 5.74) is -2.01. The van der Waals surface area contributed by atoms with Crippen molar-refractivity contribution in [2.45, 2.75) is 117 Å². The molecule has 44 heavy (non-hydrogen) atoms. The van der Waals surface area contributed by atoms with E-state index in [-0.39, 0.29) is 10.0 Å². The molecular weight excluding hydrogens is 619 g/mol. The van der Waals surface area contributed by atoms with Crippen LogP contribution in [0, 0.1) is 34.9 Å². The molecule has 0 unspecified atom stereocenters. The summed E-state index contributed by atoms with van der Waals surface area (Å²) in [4.78, 5) is 0. The maximum atomic E-state index is 15.6. The fraction of sp³-hybridized carbons (Fsp3) is 0.562. The number of aryl methyl sites for hydroxylation is 2. The van der Waals surface area contributed by atoms with Crippen molar-refractivity contribution >= 4 is 33.4 Å². The molecule has 0 saturated heterocycles. The van der Waals surface area contributed by atoms with Crippen molar-refractivity contribution in [3.05, 3.63) is 44.9 Å². The number of unbranched alkanes of at least 4 members (excludes halogenated alkanes) is 12. The number of benzene rings is 2. The first-order valence-corrected chi connectivity index (χ1v) is 17.2. The summed E-state index contributed by atoms with van der Waals surface area (Å²) < 4.78 is 92.5. The van der Waals surface area contributed by atoms with Crippen LogP contribution in [0.25, 0.3) is 31.9 Å². The van der Waals surface area contributed by atoms with Gasteiger partial charge >= 0.3 is 0 Å². The monoisotopic (exact) mass is 656 g/mol. The highest BCUT2D eigenvalue weighted by atomic mass is 32.1. The first-order valence-electron chi connectivity index (χ1n) is 15.6. The first-order chi connectivity index (χ1) is 21.3. The highest BCUT2D eigenvalue weighted by Crippen LogP contribution is 2.42. The number of hydrogen-bond donors (Lipinski definition) is 0. The van der Waals surface area contributed by atoms with Crippen LogP contribution in [0.15, 0.2) is 0 Å². The first kappa shape index (κ1) is 34.3. The third kappa shape index (κ3) is 7.97. The van der Waals surface area contributed by atoms with E-state index in [0.29, 0.717) is 22.9 Å². The fourth-order valence-electron chi connectivity index (χ4n) is 5.27. The number of aromatic nitrogens is 4. The van der Waals surface area contributed by atoms with Gasteiger partial charge < -0.3 is 0 Å². The molecule has 0 amide bonds. The summed E-state index contributed by atoms with van der Waals surface area (Å²) in [5, 5.41) is 13.1. The molecule has 0 aliphatic rings. The smallest absolute Gasteiger partial charge is 0.172 e. The van der Waals surface area contributed by atoms with Crippen molar-refractivity contribution in [1.29, 1.82) is 0 Å². The van der Waals surface area contributed by atoms with Crippen LogP contribution in [0.1, 0.15) is 114 Å². The van der Waals surface area contributed by atoms with Crippen molar-refractivity contribution in [2.24, 2.45) is 0 Å². The molecule has 0 atom stereocenters. The summed E-state index contributed by atoms with van der Waals surface area (Å²) >= 11 is 1.68. The van der Waals surface area contributed by atoms with Crippen molar-refractivity contribution < 1.29 is 26.3 Å². The Hall–Kier alpha value is -2.60. The molecule has 2 heterocycles. The number of rotatable bonds is 18. The molecule has 0 fully saturated rings. The summed E-state index contributed by atoms with van der Waals surface area (Å²) in [7, 11) is 0. The zero-order valence-corrected chi connectivity index (χ0v) is 26.8. The van der Waals surface area contributed by atoms with Gasteiger partial charge in [-0.05, 0) is 12.8 Å². The summed E-state index contributed by atoms with van der Waals surface area (Å²) in [6.07, 6.45) is 15.9. The molecule has 0 aliphatic heterocycles. The quantitative estimate of drug-likeness (QED) is 0.0607. The SMILES string of the molecule is CCCCCCCCCc1nnc(-c2c(F)c(F)c3c(F)c(-c4nnc(CCCCCCCCC)s4)c(F)c(F)c3c2F)s1. The van der Waals surface area contributed by atoms with E-state index in [0.717, 1.165) is 86.9 Å². The minimum absolute atomic E-state index is 0.331. The average molecular weight is 657 g/mol. The van der Waals surface area contributed by atoms with Gasteiger partial charge in [0.1, 0.15) is 21.6 Å². The van der Waals surface area contributed by atoms with Crippen LogP contribution in [-0.4, -0.2) is 20.4 Å². The Bertz CT molecular complexity index is 1420. The predicted octanol–water partition coefficient (Wildman–Crippen LogP) is 11.3. The maximum Gasteiger partial charge on any atom is 0.172 e. The molecule has 12 heteroatoms. The second-order valence-corrected chi connectivity index (χ2v) is 13.3. The molecule has 4 nitrogen and oxygen atoms in total. The molecular formula is C32H38F6N4S2. The molecule has 240 valence electrons. The van der Waals surface area contributed by atoms with Gasteiger partial charge in [-0.3, -0.25) is 0 Å². The van der Waals surface area contributed by atoms with Gasteiger partial charge in [0.25, 0.3) is 0 Å². The number of hydrogen-bond acceptors (Lipinski definition) is 6. The van der Waals surface area contributed by atoms with Crippen LogP contribution in [0.4, 0.5) is 26.3 Å². The molecule has 2 aromatic carbocycles. The summed E-state index contributed by atoms with van der Waals surface area (Å²) in [6.45, 7) is 4.29. The lowest BCUT2D eigenvalue weighted by molar-refractivity contribution is 0.486. The largest absolute Gasteiger partial charge is 0.205 e. The van der Waals surface area contributed by atoms with E-state index in [1.165, 1.54) is 25.7 Å².